The number of imide groups is 1. The summed E-state index contributed by atoms with van der Waals surface area (Å²) in [6, 6.07) is 9.09. The van der Waals surface area contributed by atoms with E-state index in [-0.39, 0.29) is 11.8 Å². The quantitative estimate of drug-likeness (QED) is 0.833. The van der Waals surface area contributed by atoms with Crippen molar-refractivity contribution < 1.29 is 9.59 Å². The molecule has 2 amide bonds. The number of amides is 2. The van der Waals surface area contributed by atoms with Gasteiger partial charge in [0.1, 0.15) is 0 Å². The summed E-state index contributed by atoms with van der Waals surface area (Å²) in [5, 5.41) is 5.49. The van der Waals surface area contributed by atoms with Crippen LogP contribution in [0.2, 0.25) is 0 Å². The van der Waals surface area contributed by atoms with E-state index in [4.69, 9.17) is 0 Å². The van der Waals surface area contributed by atoms with Gasteiger partial charge < -0.3 is 5.32 Å². The van der Waals surface area contributed by atoms with Crippen molar-refractivity contribution in [3.05, 3.63) is 58.9 Å². The smallest absolute Gasteiger partial charge is 0.259 e. The van der Waals surface area contributed by atoms with E-state index >= 15 is 0 Å². The van der Waals surface area contributed by atoms with E-state index in [2.05, 4.69) is 15.6 Å². The molecule has 1 aliphatic rings. The van der Waals surface area contributed by atoms with Gasteiger partial charge in [-0.25, -0.2) is 0 Å². The Bertz CT molecular complexity index is 693. The molecule has 0 bridgehead atoms. The molecule has 2 aromatic rings. The van der Waals surface area contributed by atoms with Gasteiger partial charge in [0.25, 0.3) is 11.8 Å². The minimum absolute atomic E-state index is 0.334. The zero-order valence-electron chi connectivity index (χ0n) is 10.9. The Balaban J connectivity index is 1.76. The molecule has 1 aliphatic heterocycles. The molecule has 2 N–H and O–H groups in total. The minimum Gasteiger partial charge on any atom is -0.381 e. The molecule has 1 aromatic carbocycles. The van der Waals surface area contributed by atoms with Crippen molar-refractivity contribution in [3.63, 3.8) is 0 Å². The zero-order chi connectivity index (χ0) is 14.1. The van der Waals surface area contributed by atoms with Gasteiger partial charge in [-0.15, -0.1) is 0 Å². The Hall–Kier alpha value is -2.69. The van der Waals surface area contributed by atoms with Crippen LogP contribution in [-0.2, 0) is 6.54 Å². The van der Waals surface area contributed by atoms with Crippen LogP contribution in [0.25, 0.3) is 0 Å². The second-order valence-corrected chi connectivity index (χ2v) is 4.70. The van der Waals surface area contributed by atoms with Gasteiger partial charge in [-0.1, -0.05) is 6.07 Å². The van der Waals surface area contributed by atoms with Crippen LogP contribution in [0.4, 0.5) is 5.69 Å². The molecule has 1 aromatic heterocycles. The number of carbonyl (C=O) groups excluding carboxylic acids is 2. The number of pyridine rings is 1. The van der Waals surface area contributed by atoms with E-state index in [1.54, 1.807) is 18.2 Å². The lowest BCUT2D eigenvalue weighted by atomic mass is 10.1. The number of benzene rings is 1. The van der Waals surface area contributed by atoms with Crippen molar-refractivity contribution in [1.29, 1.82) is 0 Å². The molecular weight excluding hydrogens is 254 g/mol. The van der Waals surface area contributed by atoms with E-state index in [1.807, 2.05) is 25.3 Å². The third-order valence-corrected chi connectivity index (χ3v) is 3.21. The van der Waals surface area contributed by atoms with Gasteiger partial charge >= 0.3 is 0 Å². The van der Waals surface area contributed by atoms with Gasteiger partial charge in [0, 0.05) is 24.1 Å². The van der Waals surface area contributed by atoms with Crippen molar-refractivity contribution >= 4 is 17.5 Å². The van der Waals surface area contributed by atoms with Crippen LogP contribution in [0, 0.1) is 6.92 Å². The predicted octanol–water partition coefficient (Wildman–Crippen LogP) is 1.89. The van der Waals surface area contributed by atoms with E-state index in [1.165, 1.54) is 0 Å². The maximum atomic E-state index is 11.6. The lowest BCUT2D eigenvalue weighted by molar-refractivity contribution is 0.0879. The summed E-state index contributed by atoms with van der Waals surface area (Å²) >= 11 is 0. The third kappa shape index (κ3) is 2.25. The molecule has 0 fully saturated rings. The highest BCUT2D eigenvalue weighted by atomic mass is 16.2. The average molecular weight is 267 g/mol. The fourth-order valence-corrected chi connectivity index (χ4v) is 2.08. The van der Waals surface area contributed by atoms with Crippen LogP contribution in [0.5, 0.6) is 0 Å². The summed E-state index contributed by atoms with van der Waals surface area (Å²) in [6.07, 6.45) is 1.81. The molecule has 0 spiro atoms. The second kappa shape index (κ2) is 4.77. The van der Waals surface area contributed by atoms with Crippen LogP contribution in [0.15, 0.2) is 36.5 Å². The van der Waals surface area contributed by atoms with Crippen molar-refractivity contribution in [1.82, 2.24) is 10.3 Å². The monoisotopic (exact) mass is 267 g/mol. The summed E-state index contributed by atoms with van der Waals surface area (Å²) in [6.45, 7) is 2.55. The van der Waals surface area contributed by atoms with Crippen LogP contribution < -0.4 is 10.6 Å². The first-order chi connectivity index (χ1) is 9.63. The van der Waals surface area contributed by atoms with Gasteiger partial charge in [0.2, 0.25) is 0 Å². The Morgan fingerprint density at radius 3 is 2.65 bits per heavy atom. The predicted molar refractivity (Wildman–Crippen MR) is 74.5 cm³/mol. The molecule has 0 aliphatic carbocycles. The Labute approximate surface area is 116 Å². The lowest BCUT2D eigenvalue weighted by Crippen LogP contribution is -2.19. The van der Waals surface area contributed by atoms with Crippen LogP contribution in [0.1, 0.15) is 32.0 Å². The molecule has 5 nitrogen and oxygen atoms in total. The van der Waals surface area contributed by atoms with Gasteiger partial charge in [-0.05, 0) is 36.8 Å². The topological polar surface area (TPSA) is 71.1 Å². The van der Waals surface area contributed by atoms with Crippen molar-refractivity contribution in [3.8, 4) is 0 Å². The number of aryl methyl sites for hydroxylation is 1. The van der Waals surface area contributed by atoms with E-state index in [0.29, 0.717) is 17.7 Å². The maximum Gasteiger partial charge on any atom is 0.259 e. The van der Waals surface area contributed by atoms with Gasteiger partial charge in [-0.2, -0.15) is 0 Å². The number of fused-ring (bicyclic) bond motifs is 1. The van der Waals surface area contributed by atoms with E-state index in [0.717, 1.165) is 16.9 Å². The van der Waals surface area contributed by atoms with Gasteiger partial charge in [-0.3, -0.25) is 19.9 Å². The molecule has 0 unspecified atom stereocenters. The molecule has 20 heavy (non-hydrogen) atoms. The molecule has 2 heterocycles. The fraction of sp³-hybridized carbons (Fsp3) is 0.133. The summed E-state index contributed by atoms with van der Waals surface area (Å²) in [7, 11) is 0. The number of anilines is 1. The molecule has 0 saturated heterocycles. The Morgan fingerprint density at radius 1 is 1.10 bits per heavy atom. The molecule has 100 valence electrons. The van der Waals surface area contributed by atoms with Crippen LogP contribution >= 0.6 is 0 Å². The normalized spacial score (nSPS) is 13.1. The number of carbonyl (C=O) groups is 2. The molecule has 0 radical (unpaired) electrons. The summed E-state index contributed by atoms with van der Waals surface area (Å²) in [4.78, 5) is 27.2. The SMILES string of the molecule is Cc1ccc(CNc2ccc3c(c2)C(=O)NC3=O)cn1. The molecule has 3 rings (SSSR count). The zero-order valence-corrected chi connectivity index (χ0v) is 10.9. The van der Waals surface area contributed by atoms with Crippen molar-refractivity contribution in [2.24, 2.45) is 0 Å². The molecule has 5 heteroatoms. The Kier molecular flexibility index (Phi) is 2.95. The maximum absolute atomic E-state index is 11.6. The lowest BCUT2D eigenvalue weighted by Gasteiger charge is -2.07. The second-order valence-electron chi connectivity index (χ2n) is 4.70. The first-order valence-corrected chi connectivity index (χ1v) is 6.28. The number of hydrogen-bond acceptors (Lipinski definition) is 4. The highest BCUT2D eigenvalue weighted by molar-refractivity contribution is 6.21. The fourth-order valence-electron chi connectivity index (χ4n) is 2.08. The molecule has 0 atom stereocenters. The first-order valence-electron chi connectivity index (χ1n) is 6.28. The highest BCUT2D eigenvalue weighted by Gasteiger charge is 2.26. The number of rotatable bonds is 3. The summed E-state index contributed by atoms with van der Waals surface area (Å²) in [5.41, 5.74) is 3.67. The number of nitrogens with zero attached hydrogens (tertiary/aromatic N) is 1. The first kappa shape index (κ1) is 12.3. The van der Waals surface area contributed by atoms with Crippen molar-refractivity contribution in [2.45, 2.75) is 13.5 Å². The summed E-state index contributed by atoms with van der Waals surface area (Å²) in [5.74, 6) is -0.676. The number of nitrogens with one attached hydrogen (secondary N) is 2. The Morgan fingerprint density at radius 2 is 1.90 bits per heavy atom. The minimum atomic E-state index is -0.342. The molecular formula is C15H13N3O2. The van der Waals surface area contributed by atoms with Gasteiger partial charge in [0.15, 0.2) is 0 Å². The van der Waals surface area contributed by atoms with E-state index in [9.17, 15) is 9.59 Å². The third-order valence-electron chi connectivity index (χ3n) is 3.21. The van der Waals surface area contributed by atoms with Gasteiger partial charge in [0.05, 0.1) is 11.1 Å². The highest BCUT2D eigenvalue weighted by Crippen LogP contribution is 2.20. The number of hydrogen-bond donors (Lipinski definition) is 2. The standard InChI is InChI=1S/C15H13N3O2/c1-9-2-3-10(7-16-9)8-17-11-4-5-12-13(6-11)15(20)18-14(12)19/h2-7,17H,8H2,1H3,(H,18,19,20). The summed E-state index contributed by atoms with van der Waals surface area (Å²) < 4.78 is 0. The number of aromatic nitrogens is 1. The largest absolute Gasteiger partial charge is 0.381 e. The van der Waals surface area contributed by atoms with E-state index < -0.39 is 0 Å². The average Bonchev–Trinajstić information content (AvgIpc) is 2.73. The molecule has 0 saturated carbocycles. The van der Waals surface area contributed by atoms with Crippen LogP contribution in [0.3, 0.4) is 0 Å². The van der Waals surface area contributed by atoms with Crippen LogP contribution in [-0.4, -0.2) is 16.8 Å². The van der Waals surface area contributed by atoms with Crippen molar-refractivity contribution in [2.75, 3.05) is 5.32 Å².